The Labute approximate surface area is 95.2 Å². The fourth-order valence-corrected chi connectivity index (χ4v) is 1.74. The summed E-state index contributed by atoms with van der Waals surface area (Å²) >= 11 is 3.16. The lowest BCUT2D eigenvalue weighted by atomic mass is 9.99. The van der Waals surface area contributed by atoms with Crippen LogP contribution in [0.4, 0.5) is 4.39 Å². The van der Waals surface area contributed by atoms with Crippen molar-refractivity contribution < 1.29 is 14.3 Å². The first-order valence-electron chi connectivity index (χ1n) is 4.29. The normalized spacial score (nSPS) is 12.6. The van der Waals surface area contributed by atoms with Gasteiger partial charge in [0.15, 0.2) is 0 Å². The third-order valence-corrected chi connectivity index (χ3v) is 3.16. The van der Waals surface area contributed by atoms with Crippen LogP contribution >= 0.6 is 15.9 Å². The zero-order chi connectivity index (χ0) is 11.7. The van der Waals surface area contributed by atoms with Crippen LogP contribution in [0, 0.1) is 19.7 Å². The van der Waals surface area contributed by atoms with Crippen LogP contribution in [0.5, 0.6) is 0 Å². The van der Waals surface area contributed by atoms with E-state index < -0.39 is 17.8 Å². The zero-order valence-electron chi connectivity index (χ0n) is 8.34. The summed E-state index contributed by atoms with van der Waals surface area (Å²) in [4.78, 5) is 10.7. The zero-order valence-corrected chi connectivity index (χ0v) is 9.93. The van der Waals surface area contributed by atoms with Crippen LogP contribution in [0.1, 0.15) is 22.7 Å². The molecule has 1 aromatic rings. The van der Waals surface area contributed by atoms with Crippen molar-refractivity contribution in [3.63, 3.8) is 0 Å². The molecule has 82 valence electrons. The number of halogens is 2. The highest BCUT2D eigenvalue weighted by Crippen LogP contribution is 2.28. The number of carboxylic acids is 1. The van der Waals surface area contributed by atoms with Crippen molar-refractivity contribution in [2.75, 3.05) is 0 Å². The fraction of sp³-hybridized carbons (Fsp3) is 0.300. The molecule has 1 atom stereocenters. The van der Waals surface area contributed by atoms with E-state index in [0.717, 1.165) is 0 Å². The van der Waals surface area contributed by atoms with Gasteiger partial charge in [0.05, 0.1) is 0 Å². The minimum atomic E-state index is -1.20. The van der Waals surface area contributed by atoms with Crippen LogP contribution in [0.3, 0.4) is 0 Å². The van der Waals surface area contributed by atoms with Crippen molar-refractivity contribution in [3.05, 3.63) is 33.0 Å². The standard InChI is InChI=1S/C10H11BrFNO2/c1-4-6(9(13)10(14)15)3-7(11)5(2)8(4)12/h3,9H,13H2,1-2H3,(H,14,15). The molecule has 1 aromatic carbocycles. The Bertz CT molecular complexity index is 420. The van der Waals surface area contributed by atoms with Crippen molar-refractivity contribution >= 4 is 21.9 Å². The molecule has 0 spiro atoms. The second kappa shape index (κ2) is 4.28. The molecule has 0 aliphatic rings. The van der Waals surface area contributed by atoms with Gasteiger partial charge in [-0.3, -0.25) is 4.79 Å². The largest absolute Gasteiger partial charge is 0.480 e. The van der Waals surface area contributed by atoms with Crippen molar-refractivity contribution in [1.29, 1.82) is 0 Å². The number of carbonyl (C=O) groups is 1. The molecule has 0 amide bonds. The van der Waals surface area contributed by atoms with Gasteiger partial charge in [-0.25, -0.2) is 4.39 Å². The van der Waals surface area contributed by atoms with Gasteiger partial charge in [0, 0.05) is 4.47 Å². The van der Waals surface area contributed by atoms with Gasteiger partial charge in [-0.1, -0.05) is 15.9 Å². The van der Waals surface area contributed by atoms with Crippen molar-refractivity contribution in [1.82, 2.24) is 0 Å². The van der Waals surface area contributed by atoms with Gasteiger partial charge in [-0.05, 0) is 36.6 Å². The topological polar surface area (TPSA) is 63.3 Å². The summed E-state index contributed by atoms with van der Waals surface area (Å²) in [6, 6.07) is 0.350. The van der Waals surface area contributed by atoms with Gasteiger partial charge in [0.25, 0.3) is 0 Å². The minimum absolute atomic E-state index is 0.283. The van der Waals surface area contributed by atoms with E-state index >= 15 is 0 Å². The Hall–Kier alpha value is -0.940. The highest BCUT2D eigenvalue weighted by Gasteiger charge is 2.20. The fourth-order valence-electron chi connectivity index (χ4n) is 1.32. The first-order chi connectivity index (χ1) is 6.86. The van der Waals surface area contributed by atoms with E-state index in [1.807, 2.05) is 0 Å². The van der Waals surface area contributed by atoms with Gasteiger partial charge in [-0.2, -0.15) is 0 Å². The van der Waals surface area contributed by atoms with E-state index in [-0.39, 0.29) is 11.1 Å². The van der Waals surface area contributed by atoms with E-state index in [9.17, 15) is 9.18 Å². The molecule has 1 rings (SSSR count). The molecule has 0 fully saturated rings. The molecule has 0 aromatic heterocycles. The van der Waals surface area contributed by atoms with E-state index in [1.165, 1.54) is 6.92 Å². The number of hydrogen-bond donors (Lipinski definition) is 2. The maximum atomic E-state index is 13.6. The average Bonchev–Trinajstić information content (AvgIpc) is 2.19. The smallest absolute Gasteiger partial charge is 0.325 e. The second-order valence-electron chi connectivity index (χ2n) is 3.33. The van der Waals surface area contributed by atoms with Crippen LogP contribution in [-0.4, -0.2) is 11.1 Å². The molecular weight excluding hydrogens is 265 g/mol. The summed E-state index contributed by atoms with van der Waals surface area (Å²) in [5.74, 6) is -1.59. The van der Waals surface area contributed by atoms with Gasteiger partial charge in [0.1, 0.15) is 11.9 Å². The highest BCUT2D eigenvalue weighted by atomic mass is 79.9. The summed E-state index contributed by atoms with van der Waals surface area (Å²) in [5, 5.41) is 8.75. The van der Waals surface area contributed by atoms with E-state index in [4.69, 9.17) is 10.8 Å². The Morgan fingerprint density at radius 1 is 1.53 bits per heavy atom. The van der Waals surface area contributed by atoms with Crippen molar-refractivity contribution in [3.8, 4) is 0 Å². The summed E-state index contributed by atoms with van der Waals surface area (Å²) in [6.45, 7) is 3.13. The first-order valence-corrected chi connectivity index (χ1v) is 5.09. The van der Waals surface area contributed by atoms with E-state index in [1.54, 1.807) is 13.0 Å². The molecule has 5 heteroatoms. The lowest BCUT2D eigenvalue weighted by Crippen LogP contribution is -2.22. The summed E-state index contributed by atoms with van der Waals surface area (Å²) in [5.41, 5.74) is 6.46. The molecule has 0 aliphatic heterocycles. The van der Waals surface area contributed by atoms with Crippen molar-refractivity contribution in [2.45, 2.75) is 19.9 Å². The Balaban J connectivity index is 3.38. The monoisotopic (exact) mass is 275 g/mol. The third-order valence-electron chi connectivity index (χ3n) is 2.33. The summed E-state index contributed by atoms with van der Waals surface area (Å²) in [7, 11) is 0. The molecular formula is C10H11BrFNO2. The number of aliphatic carboxylic acids is 1. The Kier molecular flexibility index (Phi) is 3.46. The Morgan fingerprint density at radius 3 is 2.53 bits per heavy atom. The third kappa shape index (κ3) is 2.18. The predicted molar refractivity (Wildman–Crippen MR) is 58.1 cm³/mol. The van der Waals surface area contributed by atoms with Crippen LogP contribution in [0.15, 0.2) is 10.5 Å². The lowest BCUT2D eigenvalue weighted by molar-refractivity contribution is -0.138. The van der Waals surface area contributed by atoms with Gasteiger partial charge < -0.3 is 10.8 Å². The number of rotatable bonds is 2. The Morgan fingerprint density at radius 2 is 2.07 bits per heavy atom. The SMILES string of the molecule is Cc1c(Br)cc(C(N)C(=O)O)c(C)c1F. The molecule has 0 saturated carbocycles. The van der Waals surface area contributed by atoms with Gasteiger partial charge >= 0.3 is 5.97 Å². The van der Waals surface area contributed by atoms with E-state index in [2.05, 4.69) is 15.9 Å². The summed E-state index contributed by atoms with van der Waals surface area (Å²) < 4.78 is 14.1. The first kappa shape index (κ1) is 12.1. The van der Waals surface area contributed by atoms with Crippen LogP contribution < -0.4 is 5.73 Å². The molecule has 0 radical (unpaired) electrons. The number of benzene rings is 1. The number of nitrogens with two attached hydrogens (primary N) is 1. The van der Waals surface area contributed by atoms with E-state index in [0.29, 0.717) is 10.0 Å². The second-order valence-corrected chi connectivity index (χ2v) is 4.18. The van der Waals surface area contributed by atoms with Gasteiger partial charge in [0.2, 0.25) is 0 Å². The summed E-state index contributed by atoms with van der Waals surface area (Å²) in [6.07, 6.45) is 0. The van der Waals surface area contributed by atoms with Crippen LogP contribution in [0.25, 0.3) is 0 Å². The number of carboxylic acid groups (broad SMARTS) is 1. The van der Waals surface area contributed by atoms with Crippen LogP contribution in [-0.2, 0) is 4.79 Å². The molecule has 1 unspecified atom stereocenters. The molecule has 3 N–H and O–H groups in total. The maximum Gasteiger partial charge on any atom is 0.325 e. The molecule has 15 heavy (non-hydrogen) atoms. The minimum Gasteiger partial charge on any atom is -0.480 e. The molecule has 0 aliphatic carbocycles. The highest BCUT2D eigenvalue weighted by molar-refractivity contribution is 9.10. The maximum absolute atomic E-state index is 13.6. The molecule has 3 nitrogen and oxygen atoms in total. The average molecular weight is 276 g/mol. The lowest BCUT2D eigenvalue weighted by Gasteiger charge is -2.13. The predicted octanol–water partition coefficient (Wildman–Crippen LogP) is 2.29. The molecule has 0 saturated heterocycles. The van der Waals surface area contributed by atoms with Gasteiger partial charge in [-0.15, -0.1) is 0 Å². The van der Waals surface area contributed by atoms with Crippen molar-refractivity contribution in [2.24, 2.45) is 5.73 Å². The number of hydrogen-bond acceptors (Lipinski definition) is 2. The molecule has 0 heterocycles. The molecule has 0 bridgehead atoms. The quantitative estimate of drug-likeness (QED) is 0.871. The van der Waals surface area contributed by atoms with Crippen LogP contribution in [0.2, 0.25) is 0 Å².